The third-order valence-electron chi connectivity index (χ3n) is 11.9. The number of aliphatic hydroxyl groups is 2. The number of hydrogen-bond donors (Lipinski definition) is 2. The van der Waals surface area contributed by atoms with Crippen LogP contribution in [0.5, 0.6) is 0 Å². The van der Waals surface area contributed by atoms with Gasteiger partial charge in [0.15, 0.2) is 5.78 Å². The van der Waals surface area contributed by atoms with E-state index in [0.717, 1.165) is 17.6 Å². The molecule has 6 heteroatoms. The number of fused-ring (bicyclic) bond motifs is 4. The molecule has 0 aromatic heterocycles. The van der Waals surface area contributed by atoms with Crippen molar-refractivity contribution in [2.24, 2.45) is 33.5 Å². The van der Waals surface area contributed by atoms with Crippen LogP contribution in [-0.4, -0.2) is 46.6 Å². The van der Waals surface area contributed by atoms with Gasteiger partial charge in [-0.3, -0.25) is 9.59 Å². The lowest BCUT2D eigenvalue weighted by atomic mass is 9.41. The van der Waals surface area contributed by atoms with E-state index < -0.39 is 33.9 Å². The number of Topliss-reactive ketones (excluding diaryl/α,β-unsaturated/α-hetero) is 2. The Kier molecular flexibility index (Phi) is 6.77. The van der Waals surface area contributed by atoms with Crippen LogP contribution in [-0.2, 0) is 19.1 Å². The van der Waals surface area contributed by atoms with Gasteiger partial charge in [-0.15, -0.1) is 0 Å². The van der Waals surface area contributed by atoms with Gasteiger partial charge >= 0.3 is 5.97 Å². The average Bonchev–Trinajstić information content (AvgIpc) is 3.02. The third kappa shape index (κ3) is 3.76. The molecule has 3 saturated carbocycles. The van der Waals surface area contributed by atoms with Gasteiger partial charge in [-0.05, 0) is 74.3 Å². The Hall–Kier alpha value is -1.79. The summed E-state index contributed by atoms with van der Waals surface area (Å²) in [6.45, 7) is 14.3. The fourth-order valence-corrected chi connectivity index (χ4v) is 9.12. The molecule has 1 unspecified atom stereocenters. The van der Waals surface area contributed by atoms with Crippen molar-refractivity contribution in [3.05, 3.63) is 22.8 Å². The van der Waals surface area contributed by atoms with Crippen LogP contribution in [0.4, 0.5) is 0 Å². The largest absolute Gasteiger partial charge is 0.466 e. The maximum absolute atomic E-state index is 13.8. The van der Waals surface area contributed by atoms with Gasteiger partial charge in [0, 0.05) is 40.2 Å². The molecular weight excluding hydrogens is 468 g/mol. The van der Waals surface area contributed by atoms with Crippen LogP contribution >= 0.6 is 0 Å². The highest BCUT2D eigenvalue weighted by Crippen LogP contribution is 2.71. The van der Waals surface area contributed by atoms with Crippen molar-refractivity contribution in [3.8, 4) is 0 Å². The number of aliphatic hydroxyl groups excluding tert-OH is 1. The van der Waals surface area contributed by atoms with E-state index in [0.29, 0.717) is 50.5 Å². The van der Waals surface area contributed by atoms with E-state index in [1.165, 1.54) is 13.2 Å². The van der Waals surface area contributed by atoms with Crippen LogP contribution in [0.2, 0.25) is 0 Å². The van der Waals surface area contributed by atoms with E-state index in [1.807, 2.05) is 13.8 Å². The fourth-order valence-electron chi connectivity index (χ4n) is 9.12. The first-order chi connectivity index (χ1) is 17.0. The fraction of sp³-hybridized carbons (Fsp3) is 0.774. The first-order valence-electron chi connectivity index (χ1n) is 14.0. The summed E-state index contributed by atoms with van der Waals surface area (Å²) in [7, 11) is 1.32. The van der Waals surface area contributed by atoms with Gasteiger partial charge in [0.1, 0.15) is 5.78 Å². The molecule has 0 amide bonds. The van der Waals surface area contributed by atoms with Crippen LogP contribution in [0, 0.1) is 33.5 Å². The second kappa shape index (κ2) is 8.87. The highest BCUT2D eigenvalue weighted by molar-refractivity contribution is 6.01. The lowest BCUT2D eigenvalue weighted by molar-refractivity contribution is -0.177. The van der Waals surface area contributed by atoms with E-state index in [9.17, 15) is 24.6 Å². The van der Waals surface area contributed by atoms with Crippen molar-refractivity contribution < 1.29 is 29.3 Å². The lowest BCUT2D eigenvalue weighted by Crippen LogP contribution is -2.64. The number of ketones is 2. The van der Waals surface area contributed by atoms with Gasteiger partial charge in [-0.2, -0.15) is 0 Å². The van der Waals surface area contributed by atoms with Crippen molar-refractivity contribution in [1.29, 1.82) is 0 Å². The molecule has 0 saturated heterocycles. The Balaban J connectivity index is 1.71. The summed E-state index contributed by atoms with van der Waals surface area (Å²) in [5.74, 6) is 0.0243. The monoisotopic (exact) mass is 514 g/mol. The zero-order valence-electron chi connectivity index (χ0n) is 24.0. The smallest absolute Gasteiger partial charge is 0.333 e. The third-order valence-corrected chi connectivity index (χ3v) is 11.9. The highest BCUT2D eigenvalue weighted by atomic mass is 16.5. The summed E-state index contributed by atoms with van der Waals surface area (Å²) < 4.78 is 4.75. The number of carbonyl (C=O) groups excluding carboxylic acids is 3. The summed E-state index contributed by atoms with van der Waals surface area (Å²) in [6, 6.07) is 0. The van der Waals surface area contributed by atoms with Crippen molar-refractivity contribution in [1.82, 2.24) is 0 Å². The number of methoxy groups -OCH3 is 1. The van der Waals surface area contributed by atoms with Gasteiger partial charge in [-0.1, -0.05) is 41.5 Å². The summed E-state index contributed by atoms with van der Waals surface area (Å²) in [5, 5.41) is 23.2. The molecule has 0 aromatic rings. The number of hydrogen-bond acceptors (Lipinski definition) is 6. The summed E-state index contributed by atoms with van der Waals surface area (Å²) in [4.78, 5) is 38.4. The predicted molar refractivity (Wildman–Crippen MR) is 141 cm³/mol. The quantitative estimate of drug-likeness (QED) is 0.391. The Morgan fingerprint density at radius 1 is 1.11 bits per heavy atom. The van der Waals surface area contributed by atoms with E-state index in [1.54, 1.807) is 6.92 Å². The molecule has 4 rings (SSSR count). The van der Waals surface area contributed by atoms with Crippen molar-refractivity contribution in [3.63, 3.8) is 0 Å². The molecule has 0 aliphatic heterocycles. The maximum atomic E-state index is 13.8. The molecule has 206 valence electrons. The minimum atomic E-state index is -1.08. The Bertz CT molecular complexity index is 1080. The summed E-state index contributed by atoms with van der Waals surface area (Å²) >= 11 is 0. The maximum Gasteiger partial charge on any atom is 0.333 e. The van der Waals surface area contributed by atoms with Crippen LogP contribution < -0.4 is 0 Å². The van der Waals surface area contributed by atoms with Crippen LogP contribution in [0.3, 0.4) is 0 Å². The molecule has 0 aromatic carbocycles. The molecule has 4 aliphatic carbocycles. The van der Waals surface area contributed by atoms with E-state index in [-0.39, 0.29) is 28.8 Å². The predicted octanol–water partition coefficient (Wildman–Crippen LogP) is 5.11. The van der Waals surface area contributed by atoms with Crippen molar-refractivity contribution in [2.75, 3.05) is 7.11 Å². The van der Waals surface area contributed by atoms with Gasteiger partial charge in [0.25, 0.3) is 0 Å². The van der Waals surface area contributed by atoms with E-state index >= 15 is 0 Å². The molecule has 3 fully saturated rings. The standard InChI is InChI=1S/C31H46O6/c1-18(26(35)37-8)15-20(32)16-19(2)30(7)17-22(33)25-21-9-10-23-27(3,4)24(34)11-12-28(23,5)31(21,36)14-13-29(25,30)6/h15,19-20,23,32,36H,9-14,16-17H2,1-8H3/b18-15+/t19-,20+,23?,28+,29-,30+,31-/m1/s1. The number of ether oxygens (including phenoxy) is 1. The second-order valence-electron chi connectivity index (χ2n) is 13.8. The summed E-state index contributed by atoms with van der Waals surface area (Å²) in [5.41, 5.74) is -0.680. The topological polar surface area (TPSA) is 101 Å². The normalized spacial score (nSPS) is 41.0. The highest BCUT2D eigenvalue weighted by Gasteiger charge is 2.69. The van der Waals surface area contributed by atoms with Crippen LogP contribution in [0.25, 0.3) is 0 Å². The molecule has 0 radical (unpaired) electrons. The molecule has 2 N–H and O–H groups in total. The molecule has 4 aliphatic rings. The number of allylic oxidation sites excluding steroid dienone is 1. The zero-order chi connectivity index (χ0) is 27.8. The Morgan fingerprint density at radius 3 is 2.38 bits per heavy atom. The van der Waals surface area contributed by atoms with Gasteiger partial charge in [0.2, 0.25) is 0 Å². The average molecular weight is 515 g/mol. The Labute approximate surface area is 221 Å². The first-order valence-corrected chi connectivity index (χ1v) is 14.0. The molecule has 0 bridgehead atoms. The zero-order valence-corrected chi connectivity index (χ0v) is 24.0. The minimum absolute atomic E-state index is 0.000556. The van der Waals surface area contributed by atoms with Gasteiger partial charge < -0.3 is 14.9 Å². The Morgan fingerprint density at radius 2 is 1.76 bits per heavy atom. The van der Waals surface area contributed by atoms with Crippen molar-refractivity contribution >= 4 is 17.5 Å². The number of carbonyl (C=O) groups is 3. The van der Waals surface area contributed by atoms with Crippen LogP contribution in [0.1, 0.15) is 99.8 Å². The number of esters is 1. The minimum Gasteiger partial charge on any atom is -0.466 e. The molecule has 37 heavy (non-hydrogen) atoms. The van der Waals surface area contributed by atoms with Gasteiger partial charge in [0.05, 0.1) is 18.8 Å². The van der Waals surface area contributed by atoms with Gasteiger partial charge in [-0.25, -0.2) is 4.79 Å². The second-order valence-corrected chi connectivity index (χ2v) is 13.8. The number of rotatable bonds is 5. The lowest BCUT2D eigenvalue weighted by Gasteiger charge is -2.64. The molecule has 7 atom stereocenters. The van der Waals surface area contributed by atoms with Crippen molar-refractivity contribution in [2.45, 2.75) is 112 Å². The molecular formula is C31H46O6. The summed E-state index contributed by atoms with van der Waals surface area (Å²) in [6.07, 6.45) is 5.40. The first kappa shape index (κ1) is 28.2. The molecule has 0 spiro atoms. The SMILES string of the molecule is COC(=O)/C(C)=C/[C@H](O)C[C@@H](C)[C@]1(C)CC(=O)C2=C3CCC4C(C)(C)C(=O)CC[C@]4(C)[C@@]3(O)CC[C@]21C. The van der Waals surface area contributed by atoms with E-state index in [2.05, 4.69) is 27.7 Å². The van der Waals surface area contributed by atoms with Crippen LogP contribution in [0.15, 0.2) is 22.8 Å². The molecule has 6 nitrogen and oxygen atoms in total. The van der Waals surface area contributed by atoms with E-state index in [4.69, 9.17) is 4.74 Å². The molecule has 0 heterocycles.